The molecule has 8 heteroatoms. The molecule has 6 nitrogen and oxygen atoms in total. The molecule has 1 unspecified atom stereocenters. The molecule has 1 aromatic carbocycles. The Morgan fingerprint density at radius 2 is 2.08 bits per heavy atom. The van der Waals surface area contributed by atoms with E-state index in [2.05, 4.69) is 20.5 Å². The van der Waals surface area contributed by atoms with Gasteiger partial charge in [-0.2, -0.15) is 0 Å². The third-order valence-corrected chi connectivity index (χ3v) is 4.47. The van der Waals surface area contributed by atoms with E-state index in [9.17, 15) is 8.78 Å². The maximum absolute atomic E-state index is 13.9. The van der Waals surface area contributed by atoms with Crippen molar-refractivity contribution in [3.05, 3.63) is 29.8 Å². The van der Waals surface area contributed by atoms with Crippen molar-refractivity contribution in [1.82, 2.24) is 15.5 Å². The van der Waals surface area contributed by atoms with E-state index in [0.29, 0.717) is 25.7 Å². The van der Waals surface area contributed by atoms with Crippen molar-refractivity contribution in [2.45, 2.75) is 12.5 Å². The zero-order chi connectivity index (χ0) is 18.9. The second-order valence-electron chi connectivity index (χ2n) is 6.44. The van der Waals surface area contributed by atoms with Gasteiger partial charge >= 0.3 is 0 Å². The molecule has 0 amide bonds. The Kier molecular flexibility index (Phi) is 8.06. The van der Waals surface area contributed by atoms with E-state index in [1.54, 1.807) is 19.1 Å². The zero-order valence-corrected chi connectivity index (χ0v) is 15.8. The van der Waals surface area contributed by atoms with Crippen molar-refractivity contribution >= 4 is 11.6 Å². The first-order valence-electron chi connectivity index (χ1n) is 8.88. The van der Waals surface area contributed by atoms with E-state index in [-0.39, 0.29) is 11.7 Å². The van der Waals surface area contributed by atoms with E-state index in [1.807, 2.05) is 7.05 Å². The third-order valence-electron chi connectivity index (χ3n) is 4.47. The molecular formula is C18H29F2N5O. The Bertz CT molecular complexity index is 579. The minimum absolute atomic E-state index is 0.0551. The minimum Gasteiger partial charge on any atom is -0.383 e. The van der Waals surface area contributed by atoms with Crippen LogP contribution in [-0.4, -0.2) is 77.4 Å². The van der Waals surface area contributed by atoms with Gasteiger partial charge in [-0.25, -0.2) is 8.78 Å². The number of ether oxygens (including phenoxy) is 1. The van der Waals surface area contributed by atoms with Crippen LogP contribution in [0.2, 0.25) is 0 Å². The van der Waals surface area contributed by atoms with E-state index in [4.69, 9.17) is 4.74 Å². The number of halogens is 2. The molecule has 1 fully saturated rings. The quantitative estimate of drug-likeness (QED) is 0.534. The number of aliphatic imine (C=N–C) groups is 1. The van der Waals surface area contributed by atoms with Crippen LogP contribution in [0.1, 0.15) is 6.42 Å². The van der Waals surface area contributed by atoms with Gasteiger partial charge in [0, 0.05) is 52.9 Å². The molecule has 146 valence electrons. The number of anilines is 1. The Balaban J connectivity index is 1.79. The van der Waals surface area contributed by atoms with Gasteiger partial charge in [0.15, 0.2) is 5.96 Å². The molecule has 0 bridgehead atoms. The highest BCUT2D eigenvalue weighted by Gasteiger charge is 2.27. The summed E-state index contributed by atoms with van der Waals surface area (Å²) in [6.45, 7) is 4.32. The summed E-state index contributed by atoms with van der Waals surface area (Å²) in [6.07, 6.45) is 0.794. The standard InChI is InChI=1S/C18H29F2N5O/c1-21-18(22-8-10-24(2)11-12-26-3)23-14-7-9-25(13-14)17-15(19)5-4-6-16(17)20/h4-6,14H,7-13H2,1-3H3,(H2,21,22,23). The molecule has 0 aromatic heterocycles. The van der Waals surface area contributed by atoms with Crippen molar-refractivity contribution < 1.29 is 13.5 Å². The lowest BCUT2D eigenvalue weighted by Gasteiger charge is -2.22. The number of hydrogen-bond donors (Lipinski definition) is 2. The van der Waals surface area contributed by atoms with Gasteiger partial charge in [-0.1, -0.05) is 6.07 Å². The average molecular weight is 369 g/mol. The van der Waals surface area contributed by atoms with Crippen molar-refractivity contribution in [2.75, 3.05) is 65.4 Å². The lowest BCUT2D eigenvalue weighted by Crippen LogP contribution is -2.46. The highest BCUT2D eigenvalue weighted by atomic mass is 19.1. The number of rotatable bonds is 8. The minimum atomic E-state index is -0.521. The average Bonchev–Trinajstić information content (AvgIpc) is 3.07. The first kappa shape index (κ1) is 20.4. The summed E-state index contributed by atoms with van der Waals surface area (Å²) in [5.41, 5.74) is 0.0551. The summed E-state index contributed by atoms with van der Waals surface area (Å²) < 4.78 is 32.9. The van der Waals surface area contributed by atoms with Crippen LogP contribution in [0.3, 0.4) is 0 Å². The van der Waals surface area contributed by atoms with Crippen LogP contribution in [-0.2, 0) is 4.74 Å². The number of nitrogens with zero attached hydrogens (tertiary/aromatic N) is 3. The molecular weight excluding hydrogens is 340 g/mol. The molecule has 26 heavy (non-hydrogen) atoms. The largest absolute Gasteiger partial charge is 0.383 e. The van der Waals surface area contributed by atoms with Crippen LogP contribution < -0.4 is 15.5 Å². The number of guanidine groups is 1. The van der Waals surface area contributed by atoms with Gasteiger partial charge in [-0.05, 0) is 25.6 Å². The smallest absolute Gasteiger partial charge is 0.191 e. The van der Waals surface area contributed by atoms with Crippen molar-refractivity contribution in [1.29, 1.82) is 0 Å². The number of likely N-dealkylation sites (N-methyl/N-ethyl adjacent to an activating group) is 1. The lowest BCUT2D eigenvalue weighted by atomic mass is 10.2. The maximum atomic E-state index is 13.9. The molecule has 0 spiro atoms. The lowest BCUT2D eigenvalue weighted by molar-refractivity contribution is 0.162. The fourth-order valence-corrected chi connectivity index (χ4v) is 2.98. The normalized spacial score (nSPS) is 17.8. The van der Waals surface area contributed by atoms with Gasteiger partial charge < -0.3 is 25.2 Å². The Morgan fingerprint density at radius 1 is 1.35 bits per heavy atom. The SMILES string of the molecule is CN=C(NCCN(C)CCOC)NC1CCN(c2c(F)cccc2F)C1. The van der Waals surface area contributed by atoms with E-state index in [1.165, 1.54) is 18.2 Å². The summed E-state index contributed by atoms with van der Waals surface area (Å²) in [7, 11) is 5.44. The number of nitrogens with one attached hydrogen (secondary N) is 2. The molecule has 1 saturated heterocycles. The predicted octanol–water partition coefficient (Wildman–Crippen LogP) is 1.29. The van der Waals surface area contributed by atoms with Crippen LogP contribution >= 0.6 is 0 Å². The fourth-order valence-electron chi connectivity index (χ4n) is 2.98. The van der Waals surface area contributed by atoms with E-state index >= 15 is 0 Å². The zero-order valence-electron chi connectivity index (χ0n) is 15.8. The Labute approximate surface area is 154 Å². The summed E-state index contributed by atoms with van der Waals surface area (Å²) in [4.78, 5) is 8.14. The van der Waals surface area contributed by atoms with Gasteiger partial charge in [0.1, 0.15) is 17.3 Å². The summed E-state index contributed by atoms with van der Waals surface area (Å²) in [5.74, 6) is -0.342. The maximum Gasteiger partial charge on any atom is 0.191 e. The third kappa shape index (κ3) is 5.81. The molecule has 1 aliphatic heterocycles. The van der Waals surface area contributed by atoms with Crippen LogP contribution in [0.4, 0.5) is 14.5 Å². The van der Waals surface area contributed by atoms with Crippen LogP contribution in [0.15, 0.2) is 23.2 Å². The van der Waals surface area contributed by atoms with Gasteiger partial charge in [0.05, 0.1) is 6.61 Å². The molecule has 1 aliphatic rings. The predicted molar refractivity (Wildman–Crippen MR) is 101 cm³/mol. The van der Waals surface area contributed by atoms with E-state index < -0.39 is 11.6 Å². The Hall–Kier alpha value is -1.93. The summed E-state index contributed by atoms with van der Waals surface area (Å²) in [6, 6.07) is 4.06. The second kappa shape index (κ2) is 10.3. The van der Waals surface area contributed by atoms with Crippen LogP contribution in [0.25, 0.3) is 0 Å². The molecule has 1 atom stereocenters. The van der Waals surface area contributed by atoms with Gasteiger partial charge in [0.25, 0.3) is 0 Å². The van der Waals surface area contributed by atoms with Crippen LogP contribution in [0, 0.1) is 11.6 Å². The molecule has 1 heterocycles. The van der Waals surface area contributed by atoms with E-state index in [0.717, 1.165) is 26.1 Å². The second-order valence-corrected chi connectivity index (χ2v) is 6.44. The molecule has 1 aromatic rings. The molecule has 2 rings (SSSR count). The first-order valence-corrected chi connectivity index (χ1v) is 8.88. The number of para-hydroxylation sites is 1. The topological polar surface area (TPSA) is 52.1 Å². The monoisotopic (exact) mass is 369 g/mol. The van der Waals surface area contributed by atoms with Gasteiger partial charge in [-0.3, -0.25) is 4.99 Å². The fraction of sp³-hybridized carbons (Fsp3) is 0.611. The van der Waals surface area contributed by atoms with Gasteiger partial charge in [-0.15, -0.1) is 0 Å². The van der Waals surface area contributed by atoms with Crippen molar-refractivity contribution in [2.24, 2.45) is 4.99 Å². The number of hydrogen-bond acceptors (Lipinski definition) is 4. The highest BCUT2D eigenvalue weighted by Crippen LogP contribution is 2.26. The van der Waals surface area contributed by atoms with Crippen molar-refractivity contribution in [3.63, 3.8) is 0 Å². The van der Waals surface area contributed by atoms with Crippen molar-refractivity contribution in [3.8, 4) is 0 Å². The number of methoxy groups -OCH3 is 1. The molecule has 0 radical (unpaired) electrons. The van der Waals surface area contributed by atoms with Gasteiger partial charge in [0.2, 0.25) is 0 Å². The molecule has 2 N–H and O–H groups in total. The number of benzene rings is 1. The molecule has 0 saturated carbocycles. The molecule has 0 aliphatic carbocycles. The summed E-state index contributed by atoms with van der Waals surface area (Å²) in [5, 5.41) is 6.60. The summed E-state index contributed by atoms with van der Waals surface area (Å²) >= 11 is 0. The Morgan fingerprint density at radius 3 is 2.73 bits per heavy atom. The van der Waals surface area contributed by atoms with Crippen LogP contribution in [0.5, 0.6) is 0 Å². The first-order chi connectivity index (χ1) is 12.5. The highest BCUT2D eigenvalue weighted by molar-refractivity contribution is 5.80.